The molecular formula is C8H14N2O2. The van der Waals surface area contributed by atoms with Gasteiger partial charge in [0.2, 0.25) is 0 Å². The van der Waals surface area contributed by atoms with Gasteiger partial charge in [0.25, 0.3) is 0 Å². The van der Waals surface area contributed by atoms with E-state index in [2.05, 4.69) is 5.32 Å². The number of nitrogens with zero attached hydrogens (tertiary/aromatic N) is 1. The van der Waals surface area contributed by atoms with Crippen LogP contribution in [0.25, 0.3) is 0 Å². The molecule has 2 rings (SSSR count). The lowest BCUT2D eigenvalue weighted by atomic mass is 10.2. The predicted octanol–water partition coefficient (Wildman–Crippen LogP) is 0.191. The lowest BCUT2D eigenvalue weighted by molar-refractivity contribution is 0.0584. The zero-order valence-electron chi connectivity index (χ0n) is 7.08. The minimum atomic E-state index is -0.130. The molecule has 2 heterocycles. The van der Waals surface area contributed by atoms with Crippen molar-refractivity contribution in [1.29, 1.82) is 0 Å². The monoisotopic (exact) mass is 170 g/mol. The highest BCUT2D eigenvalue weighted by Gasteiger charge is 2.29. The number of hydrogen-bond acceptors (Lipinski definition) is 3. The smallest absolute Gasteiger partial charge is 0.410 e. The van der Waals surface area contributed by atoms with Crippen LogP contribution < -0.4 is 5.32 Å². The summed E-state index contributed by atoms with van der Waals surface area (Å²) < 4.78 is 4.96. The number of hydrogen-bond donors (Lipinski definition) is 1. The number of amides is 1. The Kier molecular flexibility index (Phi) is 2.17. The third-order valence-corrected chi connectivity index (χ3v) is 2.48. The molecule has 2 aliphatic heterocycles. The van der Waals surface area contributed by atoms with Crippen LogP contribution in [-0.2, 0) is 4.74 Å². The van der Waals surface area contributed by atoms with Gasteiger partial charge in [-0.2, -0.15) is 0 Å². The minimum Gasteiger partial charge on any atom is -0.449 e. The van der Waals surface area contributed by atoms with Crippen LogP contribution in [0.15, 0.2) is 0 Å². The molecule has 0 bridgehead atoms. The first-order valence-electron chi connectivity index (χ1n) is 4.52. The van der Waals surface area contributed by atoms with Gasteiger partial charge in [-0.25, -0.2) is 4.79 Å². The van der Waals surface area contributed by atoms with Crippen LogP contribution in [-0.4, -0.2) is 43.3 Å². The maximum Gasteiger partial charge on any atom is 0.410 e. The fourth-order valence-corrected chi connectivity index (χ4v) is 1.81. The van der Waals surface area contributed by atoms with Gasteiger partial charge in [0.1, 0.15) is 0 Å². The first-order valence-corrected chi connectivity index (χ1v) is 4.52. The fourth-order valence-electron chi connectivity index (χ4n) is 1.81. The lowest BCUT2D eigenvalue weighted by Crippen LogP contribution is -2.45. The normalized spacial score (nSPS) is 30.5. The topological polar surface area (TPSA) is 41.6 Å². The number of carbonyl (C=O) groups excluding carboxylic acids is 1. The third-order valence-electron chi connectivity index (χ3n) is 2.48. The van der Waals surface area contributed by atoms with Crippen molar-refractivity contribution in [1.82, 2.24) is 10.2 Å². The van der Waals surface area contributed by atoms with E-state index >= 15 is 0 Å². The zero-order chi connectivity index (χ0) is 8.39. The van der Waals surface area contributed by atoms with E-state index < -0.39 is 0 Å². The van der Waals surface area contributed by atoms with Crippen LogP contribution in [0.1, 0.15) is 12.8 Å². The molecule has 0 saturated carbocycles. The molecule has 2 aliphatic rings. The number of cyclic esters (lactones) is 1. The Balaban J connectivity index is 1.95. The van der Waals surface area contributed by atoms with Gasteiger partial charge in [0.05, 0.1) is 6.61 Å². The molecule has 0 aromatic heterocycles. The molecule has 12 heavy (non-hydrogen) atoms. The Hall–Kier alpha value is -0.770. The molecule has 0 aliphatic carbocycles. The van der Waals surface area contributed by atoms with Gasteiger partial charge in [-0.05, 0) is 19.4 Å². The number of ether oxygens (including phenoxy) is 1. The fraction of sp³-hybridized carbons (Fsp3) is 0.875. The van der Waals surface area contributed by atoms with E-state index in [4.69, 9.17) is 4.74 Å². The quantitative estimate of drug-likeness (QED) is 0.611. The molecule has 1 N–H and O–H groups in total. The van der Waals surface area contributed by atoms with E-state index in [0.29, 0.717) is 12.6 Å². The van der Waals surface area contributed by atoms with E-state index in [9.17, 15) is 4.79 Å². The maximum absolute atomic E-state index is 11.3. The molecule has 1 amide bonds. The Morgan fingerprint density at radius 1 is 1.58 bits per heavy atom. The summed E-state index contributed by atoms with van der Waals surface area (Å²) in [4.78, 5) is 13.1. The van der Waals surface area contributed by atoms with E-state index in [-0.39, 0.29) is 6.09 Å². The van der Waals surface area contributed by atoms with Crippen molar-refractivity contribution in [3.05, 3.63) is 0 Å². The predicted molar refractivity (Wildman–Crippen MR) is 43.9 cm³/mol. The maximum atomic E-state index is 11.3. The Labute approximate surface area is 71.9 Å². The SMILES string of the molecule is O=C1OCCCN1C1CCNC1. The van der Waals surface area contributed by atoms with Gasteiger partial charge < -0.3 is 15.0 Å². The summed E-state index contributed by atoms with van der Waals surface area (Å²) in [5, 5.41) is 3.24. The first-order chi connectivity index (χ1) is 5.88. The molecular weight excluding hydrogens is 156 g/mol. The summed E-state index contributed by atoms with van der Waals surface area (Å²) in [5.41, 5.74) is 0. The highest BCUT2D eigenvalue weighted by molar-refractivity contribution is 5.68. The Bertz CT molecular complexity index is 178. The molecule has 1 unspecified atom stereocenters. The van der Waals surface area contributed by atoms with E-state index in [0.717, 1.165) is 32.5 Å². The number of carbonyl (C=O) groups is 1. The highest BCUT2D eigenvalue weighted by Crippen LogP contribution is 2.13. The third kappa shape index (κ3) is 1.39. The standard InChI is InChI=1S/C8H14N2O2/c11-8-10(4-1-5-12-8)7-2-3-9-6-7/h7,9H,1-6H2. The van der Waals surface area contributed by atoms with Gasteiger partial charge in [-0.1, -0.05) is 0 Å². The summed E-state index contributed by atoms with van der Waals surface area (Å²) in [7, 11) is 0. The van der Waals surface area contributed by atoms with Crippen molar-refractivity contribution < 1.29 is 9.53 Å². The average Bonchev–Trinajstić information content (AvgIpc) is 2.57. The molecule has 68 valence electrons. The molecule has 0 aromatic carbocycles. The second-order valence-corrected chi connectivity index (χ2v) is 3.31. The van der Waals surface area contributed by atoms with Crippen molar-refractivity contribution in [2.75, 3.05) is 26.2 Å². The van der Waals surface area contributed by atoms with Gasteiger partial charge >= 0.3 is 6.09 Å². The molecule has 2 fully saturated rings. The molecule has 0 radical (unpaired) electrons. The van der Waals surface area contributed by atoms with E-state index in [1.54, 1.807) is 0 Å². The summed E-state index contributed by atoms with van der Waals surface area (Å²) in [6.45, 7) is 3.41. The zero-order valence-corrected chi connectivity index (χ0v) is 7.08. The van der Waals surface area contributed by atoms with E-state index in [1.165, 1.54) is 0 Å². The van der Waals surface area contributed by atoms with Crippen LogP contribution in [0.3, 0.4) is 0 Å². The van der Waals surface area contributed by atoms with Crippen LogP contribution in [0.2, 0.25) is 0 Å². The van der Waals surface area contributed by atoms with Crippen LogP contribution >= 0.6 is 0 Å². The van der Waals surface area contributed by atoms with Gasteiger partial charge in [0, 0.05) is 19.1 Å². The summed E-state index contributed by atoms with van der Waals surface area (Å²) in [5.74, 6) is 0. The number of rotatable bonds is 1. The molecule has 1 atom stereocenters. The van der Waals surface area contributed by atoms with Crippen LogP contribution in [0, 0.1) is 0 Å². The first kappa shape index (κ1) is 7.86. The van der Waals surface area contributed by atoms with Crippen molar-refractivity contribution in [2.45, 2.75) is 18.9 Å². The van der Waals surface area contributed by atoms with Crippen LogP contribution in [0.5, 0.6) is 0 Å². The number of nitrogens with one attached hydrogen (secondary N) is 1. The van der Waals surface area contributed by atoms with E-state index in [1.807, 2.05) is 4.90 Å². The van der Waals surface area contributed by atoms with Gasteiger partial charge in [-0.15, -0.1) is 0 Å². The largest absolute Gasteiger partial charge is 0.449 e. The van der Waals surface area contributed by atoms with Crippen molar-refractivity contribution >= 4 is 6.09 Å². The minimum absolute atomic E-state index is 0.130. The molecule has 0 spiro atoms. The molecule has 4 nitrogen and oxygen atoms in total. The van der Waals surface area contributed by atoms with Gasteiger partial charge in [-0.3, -0.25) is 0 Å². The summed E-state index contributed by atoms with van der Waals surface area (Å²) in [6, 6.07) is 0.373. The lowest BCUT2D eigenvalue weighted by Gasteiger charge is -2.30. The summed E-state index contributed by atoms with van der Waals surface area (Å²) >= 11 is 0. The van der Waals surface area contributed by atoms with Crippen molar-refractivity contribution in [3.63, 3.8) is 0 Å². The Morgan fingerprint density at radius 3 is 3.17 bits per heavy atom. The van der Waals surface area contributed by atoms with Gasteiger partial charge in [0.15, 0.2) is 0 Å². The average molecular weight is 170 g/mol. The van der Waals surface area contributed by atoms with Crippen molar-refractivity contribution in [3.8, 4) is 0 Å². The van der Waals surface area contributed by atoms with Crippen LogP contribution in [0.4, 0.5) is 4.79 Å². The molecule has 0 aromatic rings. The van der Waals surface area contributed by atoms with Crippen molar-refractivity contribution in [2.24, 2.45) is 0 Å². The highest BCUT2D eigenvalue weighted by atomic mass is 16.6. The Morgan fingerprint density at radius 2 is 2.50 bits per heavy atom. The molecule has 2 saturated heterocycles. The summed E-state index contributed by atoms with van der Waals surface area (Å²) in [6.07, 6.45) is 1.91. The molecule has 4 heteroatoms. The second-order valence-electron chi connectivity index (χ2n) is 3.31. The second kappa shape index (κ2) is 3.31.